The van der Waals surface area contributed by atoms with E-state index in [0.29, 0.717) is 22.5 Å². The summed E-state index contributed by atoms with van der Waals surface area (Å²) in [5.41, 5.74) is 1.99. The van der Waals surface area contributed by atoms with Crippen molar-refractivity contribution in [1.82, 2.24) is 4.98 Å². The van der Waals surface area contributed by atoms with Crippen LogP contribution in [0.15, 0.2) is 49.2 Å². The van der Waals surface area contributed by atoms with Crippen LogP contribution in [-0.2, 0) is 0 Å². The highest BCUT2D eigenvalue weighted by atomic mass is 19.1. The van der Waals surface area contributed by atoms with Gasteiger partial charge in [-0.15, -0.1) is 0 Å². The number of aromatic nitrogens is 1. The molecule has 96 valence electrons. The normalized spacial score (nSPS) is 9.95. The molecule has 1 heterocycles. The molecule has 2 N–H and O–H groups in total. The fraction of sp³-hybridized carbons (Fsp3) is 0. The molecular formula is C14H11FN2O2. The minimum absolute atomic E-state index is 0.363. The van der Waals surface area contributed by atoms with Gasteiger partial charge in [-0.25, -0.2) is 9.18 Å². The number of carboxylic acid groups (broad SMARTS) is 1. The predicted molar refractivity (Wildman–Crippen MR) is 70.4 cm³/mol. The summed E-state index contributed by atoms with van der Waals surface area (Å²) in [6.07, 6.45) is 0.305. The molecule has 0 aliphatic carbocycles. The van der Waals surface area contributed by atoms with Gasteiger partial charge in [-0.1, -0.05) is 18.7 Å². The summed E-state index contributed by atoms with van der Waals surface area (Å²) >= 11 is 0. The number of hydrogen-bond donors (Lipinski definition) is 2. The number of benzene rings is 1. The third-order valence-corrected chi connectivity index (χ3v) is 2.49. The van der Waals surface area contributed by atoms with Gasteiger partial charge in [0.15, 0.2) is 0 Å². The molecule has 0 unspecified atom stereocenters. The Hall–Kier alpha value is -2.69. The second kappa shape index (κ2) is 5.30. The van der Waals surface area contributed by atoms with Crippen molar-refractivity contribution in [2.45, 2.75) is 0 Å². The number of carbonyl (C=O) groups is 1. The number of hydrogen-bond acceptors (Lipinski definition) is 2. The molecule has 5 heteroatoms. The van der Waals surface area contributed by atoms with E-state index in [1.807, 2.05) is 0 Å². The first-order valence-corrected chi connectivity index (χ1v) is 5.47. The van der Waals surface area contributed by atoms with Crippen molar-refractivity contribution in [3.63, 3.8) is 0 Å². The van der Waals surface area contributed by atoms with Gasteiger partial charge in [0.2, 0.25) is 0 Å². The lowest BCUT2D eigenvalue weighted by Crippen LogP contribution is -2.07. The number of amides is 1. The highest BCUT2D eigenvalue weighted by molar-refractivity contribution is 5.84. The summed E-state index contributed by atoms with van der Waals surface area (Å²) in [5, 5.41) is 10.9. The molecule has 0 aliphatic rings. The number of nitrogens with zero attached hydrogens (tertiary/aromatic N) is 1. The van der Waals surface area contributed by atoms with Gasteiger partial charge in [0, 0.05) is 17.5 Å². The molecule has 0 bridgehead atoms. The van der Waals surface area contributed by atoms with Crippen molar-refractivity contribution >= 4 is 17.4 Å². The maximum Gasteiger partial charge on any atom is 0.409 e. The zero-order valence-electron chi connectivity index (χ0n) is 9.93. The van der Waals surface area contributed by atoms with Crippen LogP contribution in [0.2, 0.25) is 0 Å². The number of rotatable bonds is 3. The van der Waals surface area contributed by atoms with E-state index >= 15 is 0 Å². The molecule has 0 atom stereocenters. The fourth-order valence-corrected chi connectivity index (χ4v) is 1.62. The van der Waals surface area contributed by atoms with E-state index < -0.39 is 6.09 Å². The van der Waals surface area contributed by atoms with Gasteiger partial charge in [-0.05, 0) is 29.8 Å². The molecule has 0 spiro atoms. The summed E-state index contributed by atoms with van der Waals surface area (Å²) < 4.78 is 13.1. The average molecular weight is 258 g/mol. The highest BCUT2D eigenvalue weighted by Gasteiger charge is 2.07. The summed E-state index contributed by atoms with van der Waals surface area (Å²) in [5.74, 6) is -0.363. The summed E-state index contributed by atoms with van der Waals surface area (Å²) in [6, 6.07) is 9.05. The van der Waals surface area contributed by atoms with Crippen LogP contribution in [0.5, 0.6) is 0 Å². The van der Waals surface area contributed by atoms with E-state index in [9.17, 15) is 9.18 Å². The van der Waals surface area contributed by atoms with Gasteiger partial charge >= 0.3 is 6.09 Å². The van der Waals surface area contributed by atoms with Crippen LogP contribution in [0.3, 0.4) is 0 Å². The van der Waals surface area contributed by atoms with Crippen LogP contribution in [0, 0.1) is 5.82 Å². The molecule has 4 nitrogen and oxygen atoms in total. The smallest absolute Gasteiger partial charge is 0.409 e. The first-order chi connectivity index (χ1) is 9.06. The van der Waals surface area contributed by atoms with Crippen LogP contribution < -0.4 is 5.32 Å². The third-order valence-electron chi connectivity index (χ3n) is 2.49. The monoisotopic (exact) mass is 258 g/mol. The molecule has 0 saturated carbocycles. The molecule has 0 fully saturated rings. The molecule has 1 aromatic carbocycles. The Labute approximate surface area is 109 Å². The van der Waals surface area contributed by atoms with Crippen molar-refractivity contribution in [2.75, 3.05) is 5.32 Å². The van der Waals surface area contributed by atoms with Crippen molar-refractivity contribution < 1.29 is 14.3 Å². The number of pyridine rings is 1. The topological polar surface area (TPSA) is 62.2 Å². The fourth-order valence-electron chi connectivity index (χ4n) is 1.62. The Balaban J connectivity index is 2.31. The van der Waals surface area contributed by atoms with E-state index in [1.54, 1.807) is 18.2 Å². The Bertz CT molecular complexity index is 641. The number of anilines is 1. The van der Waals surface area contributed by atoms with Crippen molar-refractivity contribution in [1.29, 1.82) is 0 Å². The van der Waals surface area contributed by atoms with Crippen LogP contribution in [0.4, 0.5) is 14.9 Å². The molecule has 2 rings (SSSR count). The maximum absolute atomic E-state index is 13.1. The molecule has 1 aromatic heterocycles. The maximum atomic E-state index is 13.1. The highest BCUT2D eigenvalue weighted by Crippen LogP contribution is 2.22. The van der Waals surface area contributed by atoms with E-state index in [2.05, 4.69) is 16.9 Å². The standard InChI is InChI=1S/C14H11FN2O2/c1-9(10-3-2-4-11(15)7-10)13-8-12(5-6-16-13)17-14(18)19/h2-8H,1H2,(H,16,17)(H,18,19). The Kier molecular flexibility index (Phi) is 3.56. The van der Waals surface area contributed by atoms with Crippen LogP contribution >= 0.6 is 0 Å². The first-order valence-electron chi connectivity index (χ1n) is 5.47. The lowest BCUT2D eigenvalue weighted by molar-refractivity contribution is 0.210. The lowest BCUT2D eigenvalue weighted by Gasteiger charge is -2.07. The molecule has 0 saturated heterocycles. The minimum Gasteiger partial charge on any atom is -0.465 e. The Morgan fingerprint density at radius 1 is 1.32 bits per heavy atom. The first kappa shape index (κ1) is 12.8. The Morgan fingerprint density at radius 3 is 2.79 bits per heavy atom. The number of halogens is 1. The van der Waals surface area contributed by atoms with Gasteiger partial charge < -0.3 is 5.11 Å². The van der Waals surface area contributed by atoms with Crippen LogP contribution in [0.25, 0.3) is 5.57 Å². The van der Waals surface area contributed by atoms with Crippen LogP contribution in [0.1, 0.15) is 11.3 Å². The Morgan fingerprint density at radius 2 is 2.11 bits per heavy atom. The minimum atomic E-state index is -1.16. The molecule has 0 radical (unpaired) electrons. The van der Waals surface area contributed by atoms with Gasteiger partial charge in [0.1, 0.15) is 5.82 Å². The summed E-state index contributed by atoms with van der Waals surface area (Å²) in [4.78, 5) is 14.7. The van der Waals surface area contributed by atoms with Crippen molar-refractivity contribution in [2.24, 2.45) is 0 Å². The molecule has 19 heavy (non-hydrogen) atoms. The third kappa shape index (κ3) is 3.16. The SMILES string of the molecule is C=C(c1cccc(F)c1)c1cc(NC(=O)O)ccn1. The van der Waals surface area contributed by atoms with E-state index in [-0.39, 0.29) is 5.82 Å². The largest absolute Gasteiger partial charge is 0.465 e. The van der Waals surface area contributed by atoms with Crippen molar-refractivity contribution in [3.8, 4) is 0 Å². The molecular weight excluding hydrogens is 247 g/mol. The summed E-state index contributed by atoms with van der Waals surface area (Å²) in [7, 11) is 0. The average Bonchev–Trinajstić information content (AvgIpc) is 2.37. The lowest BCUT2D eigenvalue weighted by atomic mass is 10.0. The quantitative estimate of drug-likeness (QED) is 0.887. The van der Waals surface area contributed by atoms with Crippen molar-refractivity contribution in [3.05, 3.63) is 66.2 Å². The van der Waals surface area contributed by atoms with E-state index in [4.69, 9.17) is 5.11 Å². The van der Waals surface area contributed by atoms with Gasteiger partial charge in [0.25, 0.3) is 0 Å². The molecule has 1 amide bonds. The zero-order chi connectivity index (χ0) is 13.8. The predicted octanol–water partition coefficient (Wildman–Crippen LogP) is 3.37. The zero-order valence-corrected chi connectivity index (χ0v) is 9.93. The van der Waals surface area contributed by atoms with E-state index in [1.165, 1.54) is 24.4 Å². The van der Waals surface area contributed by atoms with Gasteiger partial charge in [-0.2, -0.15) is 0 Å². The van der Waals surface area contributed by atoms with Gasteiger partial charge in [0.05, 0.1) is 5.69 Å². The molecule has 2 aromatic rings. The van der Waals surface area contributed by atoms with Gasteiger partial charge in [-0.3, -0.25) is 10.3 Å². The van der Waals surface area contributed by atoms with Crippen LogP contribution in [-0.4, -0.2) is 16.2 Å². The van der Waals surface area contributed by atoms with E-state index in [0.717, 1.165) is 0 Å². The number of nitrogens with one attached hydrogen (secondary N) is 1. The summed E-state index contributed by atoms with van der Waals surface area (Å²) in [6.45, 7) is 3.85. The molecule has 0 aliphatic heterocycles. The second-order valence-electron chi connectivity index (χ2n) is 3.85. The second-order valence-corrected chi connectivity index (χ2v) is 3.85.